The van der Waals surface area contributed by atoms with Crippen molar-refractivity contribution in [3.05, 3.63) is 197 Å². The molecular formula is C62H68B2Br4N2O4. The summed E-state index contributed by atoms with van der Waals surface area (Å²) in [5.41, 5.74) is 14.3. The number of nitrogens with zero attached hydrogens (tertiary/aromatic N) is 2. The summed E-state index contributed by atoms with van der Waals surface area (Å²) in [6.45, 7) is 25.3. The highest BCUT2D eigenvalue weighted by Gasteiger charge is 2.54. The third kappa shape index (κ3) is 12.6. The lowest BCUT2D eigenvalue weighted by atomic mass is 9.69. The number of anilines is 6. The summed E-state index contributed by atoms with van der Waals surface area (Å²) in [7, 11) is -0.711. The Kier molecular flexibility index (Phi) is 17.4. The van der Waals surface area contributed by atoms with Crippen LogP contribution >= 0.6 is 63.7 Å². The predicted molar refractivity (Wildman–Crippen MR) is 327 cm³/mol. The van der Waals surface area contributed by atoms with Crippen molar-refractivity contribution >= 4 is 123 Å². The molecule has 2 heterocycles. The van der Waals surface area contributed by atoms with Gasteiger partial charge in [0.05, 0.1) is 22.4 Å². The highest BCUT2D eigenvalue weighted by Crippen LogP contribution is 2.41. The van der Waals surface area contributed by atoms with Gasteiger partial charge >= 0.3 is 14.2 Å². The quantitative estimate of drug-likeness (QED) is 0.127. The molecule has 10 rings (SSSR count). The number of fused-ring (bicyclic) bond motifs is 1. The van der Waals surface area contributed by atoms with E-state index in [4.69, 9.17) is 18.6 Å². The molecule has 0 bridgehead atoms. The van der Waals surface area contributed by atoms with Crippen LogP contribution in [0.15, 0.2) is 170 Å². The van der Waals surface area contributed by atoms with Crippen molar-refractivity contribution in [1.29, 1.82) is 0 Å². The second-order valence-electron chi connectivity index (χ2n) is 21.7. The monoisotopic (exact) mass is 1240 g/mol. The molecule has 1 aliphatic carbocycles. The number of benzene rings is 7. The first-order valence-electron chi connectivity index (χ1n) is 25.6. The Bertz CT molecular complexity index is 2850. The molecule has 0 aromatic heterocycles. The van der Waals surface area contributed by atoms with E-state index >= 15 is 0 Å². The Morgan fingerprint density at radius 2 is 0.703 bits per heavy atom. The average Bonchev–Trinajstić information content (AvgIpc) is 3.71. The lowest BCUT2D eigenvalue weighted by molar-refractivity contribution is 0.00578. The average molecular weight is 1250 g/mol. The molecule has 1 unspecified atom stereocenters. The first kappa shape index (κ1) is 56.2. The molecule has 2 saturated heterocycles. The van der Waals surface area contributed by atoms with Gasteiger partial charge in [0.1, 0.15) is 0 Å². The van der Waals surface area contributed by atoms with Crippen LogP contribution in [-0.4, -0.2) is 36.6 Å². The maximum Gasteiger partial charge on any atom is 0.495 e. The second kappa shape index (κ2) is 22.9. The topological polar surface area (TPSA) is 43.4 Å². The Morgan fingerprint density at radius 1 is 0.419 bits per heavy atom. The van der Waals surface area contributed by atoms with Crippen LogP contribution in [0.25, 0.3) is 0 Å². The second-order valence-corrected chi connectivity index (χ2v) is 25.3. The summed E-state index contributed by atoms with van der Waals surface area (Å²) >= 11 is 14.1. The third-order valence-corrected chi connectivity index (χ3v) is 17.6. The van der Waals surface area contributed by atoms with Crippen LogP contribution in [0.2, 0.25) is 0 Å². The molecule has 0 N–H and O–H groups in total. The fraction of sp³-hybridized carbons (Fsp3) is 0.323. The number of aryl methyl sites for hydroxylation is 4. The molecule has 12 heteroatoms. The minimum Gasteiger partial charge on any atom is -0.399 e. The lowest BCUT2D eigenvalue weighted by Gasteiger charge is -2.32. The summed E-state index contributed by atoms with van der Waals surface area (Å²) in [5, 5.41) is 0. The van der Waals surface area contributed by atoms with E-state index in [2.05, 4.69) is 308 Å². The van der Waals surface area contributed by atoms with E-state index in [9.17, 15) is 0 Å². The summed E-state index contributed by atoms with van der Waals surface area (Å²) in [4.78, 5) is 4.58. The third-order valence-electron chi connectivity index (χ3n) is 15.5. The highest BCUT2D eigenvalue weighted by molar-refractivity contribution is 9.11. The van der Waals surface area contributed by atoms with Crippen LogP contribution < -0.4 is 20.7 Å². The van der Waals surface area contributed by atoms with Gasteiger partial charge in [0.15, 0.2) is 0 Å². The minimum atomic E-state index is -0.356. The molecule has 0 amide bonds. The normalized spacial score (nSPS) is 17.0. The van der Waals surface area contributed by atoms with Crippen LogP contribution in [0.1, 0.15) is 109 Å². The molecule has 0 spiro atoms. The fourth-order valence-electron chi connectivity index (χ4n) is 9.07. The maximum atomic E-state index is 6.23. The van der Waals surface area contributed by atoms with E-state index in [1.165, 1.54) is 35.2 Å². The van der Waals surface area contributed by atoms with Gasteiger partial charge < -0.3 is 28.4 Å². The SMILES string of the molecule is Brc1ccc(N(c2ccc(Br)cc2)c2ccc3c(c2)CC3)cc1.CCC(C)c1ccc(N(c2ccc(Br)cc2)c2ccc(Br)cc2)cc1.Cc1cc(B2OC(C)(C)C(C)(C)O2)c(C)cc1B1OC(C)(C)C(C)(C)O1. The predicted octanol–water partition coefficient (Wildman–Crippen LogP) is 17.9. The Balaban J connectivity index is 0.000000148. The van der Waals surface area contributed by atoms with Crippen molar-refractivity contribution in [2.24, 2.45) is 0 Å². The summed E-state index contributed by atoms with van der Waals surface area (Å²) < 4.78 is 29.3. The van der Waals surface area contributed by atoms with E-state index in [1.807, 2.05) is 0 Å². The number of hydrogen-bond donors (Lipinski definition) is 0. The van der Waals surface area contributed by atoms with Crippen molar-refractivity contribution in [3.8, 4) is 0 Å². The zero-order chi connectivity index (χ0) is 53.3. The molecular weight excluding hydrogens is 1180 g/mol. The Morgan fingerprint density at radius 3 is 0.986 bits per heavy atom. The van der Waals surface area contributed by atoms with Crippen molar-refractivity contribution in [2.45, 2.75) is 131 Å². The fourth-order valence-corrected chi connectivity index (χ4v) is 10.1. The van der Waals surface area contributed by atoms with Gasteiger partial charge in [-0.3, -0.25) is 0 Å². The van der Waals surface area contributed by atoms with E-state index in [-0.39, 0.29) is 36.6 Å². The van der Waals surface area contributed by atoms with Crippen molar-refractivity contribution in [3.63, 3.8) is 0 Å². The largest absolute Gasteiger partial charge is 0.495 e. The van der Waals surface area contributed by atoms with Gasteiger partial charge in [0, 0.05) is 52.0 Å². The van der Waals surface area contributed by atoms with Gasteiger partial charge in [-0.15, -0.1) is 0 Å². The molecule has 6 nitrogen and oxygen atoms in total. The van der Waals surface area contributed by atoms with Crippen LogP contribution in [-0.2, 0) is 31.5 Å². The van der Waals surface area contributed by atoms with Crippen molar-refractivity contribution in [1.82, 2.24) is 0 Å². The van der Waals surface area contributed by atoms with E-state index in [1.54, 1.807) is 0 Å². The molecule has 7 aromatic carbocycles. The lowest BCUT2D eigenvalue weighted by Crippen LogP contribution is -2.41. The van der Waals surface area contributed by atoms with Gasteiger partial charge in [0.25, 0.3) is 0 Å². The molecule has 2 fully saturated rings. The van der Waals surface area contributed by atoms with Gasteiger partial charge in [-0.25, -0.2) is 0 Å². The first-order valence-corrected chi connectivity index (χ1v) is 28.8. The first-order chi connectivity index (χ1) is 35.0. The van der Waals surface area contributed by atoms with Crippen molar-refractivity contribution in [2.75, 3.05) is 9.80 Å². The molecule has 3 aliphatic rings. The van der Waals surface area contributed by atoms with Crippen LogP contribution in [0.4, 0.5) is 34.1 Å². The smallest absolute Gasteiger partial charge is 0.399 e. The highest BCUT2D eigenvalue weighted by atomic mass is 79.9. The summed E-state index contributed by atoms with van der Waals surface area (Å²) in [5.74, 6) is 0.586. The maximum absolute atomic E-state index is 6.23. The van der Waals surface area contributed by atoms with Crippen LogP contribution in [0.3, 0.4) is 0 Å². The van der Waals surface area contributed by atoms with E-state index in [0.717, 1.165) is 74.8 Å². The number of rotatable bonds is 10. The van der Waals surface area contributed by atoms with Crippen LogP contribution in [0.5, 0.6) is 0 Å². The van der Waals surface area contributed by atoms with E-state index in [0.29, 0.717) is 5.92 Å². The van der Waals surface area contributed by atoms with Gasteiger partial charge in [-0.1, -0.05) is 119 Å². The molecule has 0 radical (unpaired) electrons. The molecule has 1 atom stereocenters. The molecule has 2 aliphatic heterocycles. The minimum absolute atomic E-state index is 0.345. The van der Waals surface area contributed by atoms with Gasteiger partial charge in [-0.05, 0) is 243 Å². The zero-order valence-electron chi connectivity index (χ0n) is 44.8. The molecule has 384 valence electrons. The van der Waals surface area contributed by atoms with Gasteiger partial charge in [0.2, 0.25) is 0 Å². The van der Waals surface area contributed by atoms with Crippen molar-refractivity contribution < 1.29 is 18.6 Å². The molecule has 0 saturated carbocycles. The molecule has 7 aromatic rings. The number of hydrogen-bond acceptors (Lipinski definition) is 6. The zero-order valence-corrected chi connectivity index (χ0v) is 51.2. The molecule has 74 heavy (non-hydrogen) atoms. The van der Waals surface area contributed by atoms with Crippen LogP contribution in [0, 0.1) is 13.8 Å². The van der Waals surface area contributed by atoms with Gasteiger partial charge in [-0.2, -0.15) is 0 Å². The standard InChI is InChI=1S/C22H21Br2N.C20H32B2O4.C20H15Br2N/c1-3-16(2)17-4-10-20(11-5-17)25(21-12-6-18(23)7-13-21)22-14-8-19(24)9-15-22;1-13-11-16(22-25-19(7,8)20(9,10)26-22)14(2)12-15(13)21-23-17(3,4)18(5,6)24-21;21-16-4-9-18(10-5-16)23(19-11-6-17(22)7-12-19)20-8-3-14-1-2-15(14)13-20/h4-16H,3H2,1-2H3;11-12H,1-10H3;3-13H,1-2H2. The Hall–Kier alpha value is -3.97. The summed E-state index contributed by atoms with van der Waals surface area (Å²) in [6, 6.07) is 53.8. The Labute approximate surface area is 475 Å². The summed E-state index contributed by atoms with van der Waals surface area (Å²) in [6.07, 6.45) is 3.56. The van der Waals surface area contributed by atoms with E-state index < -0.39 is 0 Å². The number of halogens is 4.